The van der Waals surface area contributed by atoms with E-state index in [4.69, 9.17) is 11.6 Å². The van der Waals surface area contributed by atoms with Crippen molar-refractivity contribution in [1.29, 1.82) is 0 Å². The topological polar surface area (TPSA) is 54.5 Å². The third kappa shape index (κ3) is 3.51. The number of halogens is 2. The molecule has 0 unspecified atom stereocenters. The van der Waals surface area contributed by atoms with Crippen LogP contribution in [0.15, 0.2) is 55.2 Å². The minimum atomic E-state index is -0.364. The summed E-state index contributed by atoms with van der Waals surface area (Å²) in [4.78, 5) is 15.7. The zero-order chi connectivity index (χ0) is 17.2. The van der Waals surface area contributed by atoms with Gasteiger partial charge in [0.25, 0.3) is 0 Å². The van der Waals surface area contributed by atoms with Gasteiger partial charge in [-0.15, -0.1) is 0 Å². The monoisotopic (exact) mass is 351 g/mol. The fourth-order valence-electron chi connectivity index (χ4n) is 2.70. The summed E-state index contributed by atoms with van der Waals surface area (Å²) in [7, 11) is 0. The summed E-state index contributed by atoms with van der Waals surface area (Å²) in [5.41, 5.74) is 4.42. The second-order valence-electron chi connectivity index (χ2n) is 5.71. The summed E-state index contributed by atoms with van der Waals surface area (Å²) in [6, 6.07) is 7.23. The lowest BCUT2D eigenvalue weighted by molar-refractivity contribution is 0.620. The molecule has 0 atom stereocenters. The fraction of sp³-hybridized carbons (Fsp3) is 0.0526. The van der Waals surface area contributed by atoms with Crippen LogP contribution < -0.4 is 0 Å². The SMILES string of the molecule is Fc1cncc([CH]c2ccc(Cc3c[nH]c4ncc(Cl)cc34)cn2)c1. The summed E-state index contributed by atoms with van der Waals surface area (Å²) in [5.74, 6) is -0.364. The average molecular weight is 352 g/mol. The lowest BCUT2D eigenvalue weighted by Crippen LogP contribution is -1.94. The van der Waals surface area contributed by atoms with Gasteiger partial charge in [-0.2, -0.15) is 0 Å². The van der Waals surface area contributed by atoms with Crippen molar-refractivity contribution in [3.05, 3.63) is 94.9 Å². The first-order chi connectivity index (χ1) is 12.2. The van der Waals surface area contributed by atoms with Crippen LogP contribution in [0.2, 0.25) is 5.02 Å². The van der Waals surface area contributed by atoms with Crippen LogP contribution in [0.5, 0.6) is 0 Å². The zero-order valence-corrected chi connectivity index (χ0v) is 13.8. The number of aromatic nitrogens is 4. The van der Waals surface area contributed by atoms with Gasteiger partial charge in [-0.25, -0.2) is 9.37 Å². The van der Waals surface area contributed by atoms with Gasteiger partial charge in [0.05, 0.1) is 11.2 Å². The van der Waals surface area contributed by atoms with Crippen molar-refractivity contribution >= 4 is 22.6 Å². The molecule has 25 heavy (non-hydrogen) atoms. The molecule has 0 aromatic carbocycles. The number of H-pyrrole nitrogens is 1. The van der Waals surface area contributed by atoms with Crippen LogP contribution in [0.3, 0.4) is 0 Å². The van der Waals surface area contributed by atoms with E-state index in [1.54, 1.807) is 18.8 Å². The predicted octanol–water partition coefficient (Wildman–Crippen LogP) is 4.34. The smallest absolute Gasteiger partial charge is 0.141 e. The molecule has 0 aliphatic heterocycles. The minimum Gasteiger partial charge on any atom is -0.346 e. The molecule has 0 spiro atoms. The molecule has 0 amide bonds. The third-order valence-corrected chi connectivity index (χ3v) is 4.07. The first-order valence-electron chi connectivity index (χ1n) is 7.69. The molecule has 0 aliphatic carbocycles. The summed E-state index contributed by atoms with van der Waals surface area (Å²) in [6.45, 7) is 0. The fourth-order valence-corrected chi connectivity index (χ4v) is 2.86. The van der Waals surface area contributed by atoms with Crippen LogP contribution in [0, 0.1) is 12.2 Å². The van der Waals surface area contributed by atoms with Crippen molar-refractivity contribution in [2.45, 2.75) is 6.42 Å². The van der Waals surface area contributed by atoms with Gasteiger partial charge >= 0.3 is 0 Å². The summed E-state index contributed by atoms with van der Waals surface area (Å²) in [5, 5.41) is 1.62. The highest BCUT2D eigenvalue weighted by molar-refractivity contribution is 6.31. The molecule has 0 saturated heterocycles. The third-order valence-electron chi connectivity index (χ3n) is 3.87. The van der Waals surface area contributed by atoms with Crippen molar-refractivity contribution in [2.24, 2.45) is 0 Å². The number of hydrogen-bond donors (Lipinski definition) is 1. The Labute approximate surface area is 148 Å². The largest absolute Gasteiger partial charge is 0.346 e. The standard InChI is InChI=1S/C19H13ClFN4/c20-15-6-18-14(9-24-19(18)25-10-15)3-12-1-2-17(23-8-12)5-13-4-16(21)11-22-7-13/h1-2,4-11H,3H2,(H,24,25). The number of aromatic amines is 1. The van der Waals surface area contributed by atoms with Crippen molar-refractivity contribution in [3.8, 4) is 0 Å². The first kappa shape index (κ1) is 15.7. The molecule has 0 fully saturated rings. The Morgan fingerprint density at radius 2 is 2.00 bits per heavy atom. The van der Waals surface area contributed by atoms with Crippen LogP contribution in [0.25, 0.3) is 11.0 Å². The normalized spacial score (nSPS) is 11.1. The van der Waals surface area contributed by atoms with E-state index in [-0.39, 0.29) is 5.82 Å². The number of hydrogen-bond acceptors (Lipinski definition) is 3. The second kappa shape index (κ2) is 6.61. The van der Waals surface area contributed by atoms with E-state index >= 15 is 0 Å². The Kier molecular flexibility index (Phi) is 4.15. The highest BCUT2D eigenvalue weighted by Gasteiger charge is 2.07. The maximum atomic E-state index is 13.2. The van der Waals surface area contributed by atoms with Gasteiger partial charge in [-0.1, -0.05) is 17.7 Å². The average Bonchev–Trinajstić information content (AvgIpc) is 2.99. The number of rotatable bonds is 4. The summed E-state index contributed by atoms with van der Waals surface area (Å²) < 4.78 is 13.2. The zero-order valence-electron chi connectivity index (χ0n) is 13.1. The van der Waals surface area contributed by atoms with Gasteiger partial charge < -0.3 is 4.98 Å². The number of nitrogens with zero attached hydrogens (tertiary/aromatic N) is 3. The molecule has 6 heteroatoms. The van der Waals surface area contributed by atoms with Gasteiger partial charge in [0, 0.05) is 48.7 Å². The van der Waals surface area contributed by atoms with Crippen molar-refractivity contribution in [1.82, 2.24) is 19.9 Å². The maximum absolute atomic E-state index is 13.2. The molecule has 4 aromatic heterocycles. The molecule has 123 valence electrons. The molecular formula is C19H13ClFN4. The van der Waals surface area contributed by atoms with Gasteiger partial charge in [0.1, 0.15) is 11.5 Å². The molecule has 1 N–H and O–H groups in total. The van der Waals surface area contributed by atoms with Crippen LogP contribution >= 0.6 is 11.6 Å². The molecule has 0 aliphatic rings. The first-order valence-corrected chi connectivity index (χ1v) is 8.07. The van der Waals surface area contributed by atoms with E-state index in [2.05, 4.69) is 19.9 Å². The number of fused-ring (bicyclic) bond motifs is 1. The van der Waals surface area contributed by atoms with Crippen LogP contribution in [0.4, 0.5) is 4.39 Å². The van der Waals surface area contributed by atoms with E-state index in [9.17, 15) is 4.39 Å². The molecular weight excluding hydrogens is 339 g/mol. The predicted molar refractivity (Wildman–Crippen MR) is 94.8 cm³/mol. The van der Waals surface area contributed by atoms with Gasteiger partial charge in [0.2, 0.25) is 0 Å². The second-order valence-corrected chi connectivity index (χ2v) is 6.15. The molecule has 4 aromatic rings. The maximum Gasteiger partial charge on any atom is 0.141 e. The Hall–Kier alpha value is -2.79. The van der Waals surface area contributed by atoms with E-state index in [0.717, 1.165) is 34.3 Å². The molecule has 4 rings (SSSR count). The van der Waals surface area contributed by atoms with Gasteiger partial charge in [-0.05, 0) is 34.9 Å². The van der Waals surface area contributed by atoms with Crippen molar-refractivity contribution in [3.63, 3.8) is 0 Å². The Morgan fingerprint density at radius 3 is 2.80 bits per heavy atom. The van der Waals surface area contributed by atoms with Gasteiger partial charge in [-0.3, -0.25) is 9.97 Å². The van der Waals surface area contributed by atoms with Crippen molar-refractivity contribution in [2.75, 3.05) is 0 Å². The van der Waals surface area contributed by atoms with E-state index in [1.807, 2.05) is 30.6 Å². The summed E-state index contributed by atoms with van der Waals surface area (Å²) in [6.07, 6.45) is 10.7. The number of pyridine rings is 3. The van der Waals surface area contributed by atoms with E-state index in [0.29, 0.717) is 10.6 Å². The quantitative estimate of drug-likeness (QED) is 0.595. The van der Waals surface area contributed by atoms with Gasteiger partial charge in [0.15, 0.2) is 0 Å². The Morgan fingerprint density at radius 1 is 1.08 bits per heavy atom. The molecule has 4 nitrogen and oxygen atoms in total. The Balaban J connectivity index is 1.53. The van der Waals surface area contributed by atoms with Crippen LogP contribution in [-0.4, -0.2) is 19.9 Å². The highest BCUT2D eigenvalue weighted by atomic mass is 35.5. The minimum absolute atomic E-state index is 0.364. The van der Waals surface area contributed by atoms with Crippen LogP contribution in [0.1, 0.15) is 22.4 Å². The Bertz CT molecular complexity index is 1030. The molecule has 0 bridgehead atoms. The van der Waals surface area contributed by atoms with Crippen molar-refractivity contribution < 1.29 is 4.39 Å². The van der Waals surface area contributed by atoms with Crippen LogP contribution in [-0.2, 0) is 6.42 Å². The lowest BCUT2D eigenvalue weighted by atomic mass is 10.1. The highest BCUT2D eigenvalue weighted by Crippen LogP contribution is 2.22. The number of nitrogens with one attached hydrogen (secondary N) is 1. The van der Waals surface area contributed by atoms with E-state index < -0.39 is 0 Å². The lowest BCUT2D eigenvalue weighted by Gasteiger charge is -2.04. The molecule has 0 saturated carbocycles. The summed E-state index contributed by atoms with van der Waals surface area (Å²) >= 11 is 6.03. The molecule has 1 radical (unpaired) electrons. The van der Waals surface area contributed by atoms with E-state index in [1.165, 1.54) is 12.3 Å². The molecule has 4 heterocycles.